The van der Waals surface area contributed by atoms with Crippen LogP contribution in [0.1, 0.15) is 53.6 Å². The van der Waals surface area contributed by atoms with E-state index in [1.54, 1.807) is 0 Å². The zero-order valence-corrected chi connectivity index (χ0v) is 33.5. The first-order valence-electron chi connectivity index (χ1n) is 20.6. The van der Waals surface area contributed by atoms with Gasteiger partial charge in [-0.3, -0.25) is 0 Å². The fraction of sp³-hybridized carbons (Fsp3) is 0.0909. The molecule has 2 heterocycles. The molecule has 0 amide bonds. The van der Waals surface area contributed by atoms with Gasteiger partial charge in [-0.25, -0.2) is 0 Å². The SMILES string of the molecule is CC1(C)c2ccccc2-n2c3ccc(N(c4ccc(C=N)cc4)c4cccc5c4C=CCC5)cc3c3cc(N(c4ccc(C#N)cc4)c4cccc5ccccc45)cc1c32. The largest absolute Gasteiger partial charge is 0.310 e. The summed E-state index contributed by atoms with van der Waals surface area (Å²) < 4.78 is 2.48. The Morgan fingerprint density at radius 3 is 2.13 bits per heavy atom. The monoisotopic (exact) mass is 771 g/mol. The summed E-state index contributed by atoms with van der Waals surface area (Å²) in [5, 5.41) is 22.4. The Kier molecular flexibility index (Phi) is 8.11. The van der Waals surface area contributed by atoms with E-state index in [0.29, 0.717) is 5.56 Å². The summed E-state index contributed by atoms with van der Waals surface area (Å²) in [6.45, 7) is 4.71. The van der Waals surface area contributed by atoms with Crippen molar-refractivity contribution < 1.29 is 0 Å². The zero-order valence-electron chi connectivity index (χ0n) is 33.5. The third-order valence-electron chi connectivity index (χ3n) is 12.7. The van der Waals surface area contributed by atoms with Gasteiger partial charge in [0.15, 0.2) is 0 Å². The highest BCUT2D eigenvalue weighted by Crippen LogP contribution is 2.52. The number of nitriles is 1. The highest BCUT2D eigenvalue weighted by atomic mass is 15.2. The normalized spacial score (nSPS) is 13.5. The molecule has 0 fully saturated rings. The lowest BCUT2D eigenvalue weighted by atomic mass is 9.74. The van der Waals surface area contributed by atoms with Crippen LogP contribution in [0.5, 0.6) is 0 Å². The van der Waals surface area contributed by atoms with Gasteiger partial charge >= 0.3 is 0 Å². The third-order valence-corrected chi connectivity index (χ3v) is 12.7. The number of benzene rings is 8. The Morgan fingerprint density at radius 1 is 0.633 bits per heavy atom. The van der Waals surface area contributed by atoms with Crippen molar-refractivity contribution in [3.05, 3.63) is 203 Å². The highest BCUT2D eigenvalue weighted by molar-refractivity contribution is 6.15. The lowest BCUT2D eigenvalue weighted by Crippen LogP contribution is -2.26. The second-order valence-electron chi connectivity index (χ2n) is 16.4. The first kappa shape index (κ1) is 35.5. The quantitative estimate of drug-likeness (QED) is 0.164. The third kappa shape index (κ3) is 5.42. The van der Waals surface area contributed by atoms with Crippen LogP contribution in [0.15, 0.2) is 170 Å². The molecule has 60 heavy (non-hydrogen) atoms. The lowest BCUT2D eigenvalue weighted by molar-refractivity contribution is 0.630. The minimum absolute atomic E-state index is 0.314. The molecule has 8 aromatic carbocycles. The van der Waals surface area contributed by atoms with Crippen LogP contribution >= 0.6 is 0 Å². The summed E-state index contributed by atoms with van der Waals surface area (Å²) in [5.41, 5.74) is 16.2. The van der Waals surface area contributed by atoms with Gasteiger partial charge in [0.25, 0.3) is 0 Å². The molecule has 0 spiro atoms. The Morgan fingerprint density at radius 2 is 1.32 bits per heavy atom. The molecule has 11 rings (SSSR count). The van der Waals surface area contributed by atoms with Gasteiger partial charge in [-0.15, -0.1) is 0 Å². The van der Waals surface area contributed by atoms with E-state index in [-0.39, 0.29) is 5.41 Å². The maximum Gasteiger partial charge on any atom is 0.0991 e. The van der Waals surface area contributed by atoms with Gasteiger partial charge in [-0.05, 0) is 125 Å². The number of anilines is 6. The molecule has 0 atom stereocenters. The summed E-state index contributed by atoms with van der Waals surface area (Å²) in [5.74, 6) is 0. The van der Waals surface area contributed by atoms with Crippen LogP contribution in [0.2, 0.25) is 0 Å². The zero-order chi connectivity index (χ0) is 40.5. The Bertz CT molecular complexity index is 3260. The molecule has 0 saturated carbocycles. The molecule has 1 aliphatic heterocycles. The maximum atomic E-state index is 9.78. The minimum atomic E-state index is -0.314. The molecule has 0 radical (unpaired) electrons. The molecule has 5 heteroatoms. The summed E-state index contributed by atoms with van der Waals surface area (Å²) in [4.78, 5) is 4.75. The van der Waals surface area contributed by atoms with Crippen molar-refractivity contribution in [3.63, 3.8) is 0 Å². The molecule has 2 aliphatic rings. The van der Waals surface area contributed by atoms with Crippen LogP contribution < -0.4 is 9.80 Å². The van der Waals surface area contributed by atoms with Crippen molar-refractivity contribution in [2.75, 3.05) is 9.80 Å². The number of para-hydroxylation sites is 1. The number of nitrogens with zero attached hydrogens (tertiary/aromatic N) is 4. The molecule has 9 aromatic rings. The van der Waals surface area contributed by atoms with E-state index in [9.17, 15) is 5.26 Å². The fourth-order valence-corrected chi connectivity index (χ4v) is 9.77. The predicted molar refractivity (Wildman–Crippen MR) is 250 cm³/mol. The van der Waals surface area contributed by atoms with E-state index in [0.717, 1.165) is 68.8 Å². The van der Waals surface area contributed by atoms with Crippen LogP contribution in [-0.4, -0.2) is 10.8 Å². The van der Waals surface area contributed by atoms with E-state index in [2.05, 4.69) is 186 Å². The molecule has 1 aromatic heterocycles. The lowest BCUT2D eigenvalue weighted by Gasteiger charge is -2.36. The van der Waals surface area contributed by atoms with Crippen molar-refractivity contribution in [2.45, 2.75) is 32.1 Å². The Balaban J connectivity index is 1.23. The average Bonchev–Trinajstić information content (AvgIpc) is 3.63. The first-order valence-corrected chi connectivity index (χ1v) is 20.6. The minimum Gasteiger partial charge on any atom is -0.310 e. The number of aryl methyl sites for hydroxylation is 1. The fourth-order valence-electron chi connectivity index (χ4n) is 9.77. The summed E-state index contributed by atoms with van der Waals surface area (Å²) in [7, 11) is 0. The van der Waals surface area contributed by atoms with Gasteiger partial charge in [-0.1, -0.05) is 105 Å². The number of nitrogens with one attached hydrogen (secondary N) is 1. The number of allylic oxidation sites excluding steroid dienone is 1. The Labute approximate surface area is 349 Å². The molecule has 0 unspecified atom stereocenters. The van der Waals surface area contributed by atoms with E-state index in [1.807, 2.05) is 24.3 Å². The molecular weight excluding hydrogens is 731 g/mol. The van der Waals surface area contributed by atoms with E-state index < -0.39 is 0 Å². The highest BCUT2D eigenvalue weighted by Gasteiger charge is 2.36. The van der Waals surface area contributed by atoms with Crippen LogP contribution in [0.4, 0.5) is 34.1 Å². The smallest absolute Gasteiger partial charge is 0.0991 e. The van der Waals surface area contributed by atoms with E-state index >= 15 is 0 Å². The van der Waals surface area contributed by atoms with Crippen LogP contribution in [0, 0.1) is 16.7 Å². The van der Waals surface area contributed by atoms with Crippen LogP contribution in [-0.2, 0) is 11.8 Å². The molecule has 1 aliphatic carbocycles. The van der Waals surface area contributed by atoms with Crippen molar-refractivity contribution in [2.24, 2.45) is 0 Å². The maximum absolute atomic E-state index is 9.78. The standard InChI is InChI=1S/C55H41N5/c1-55(2)48-17-7-8-18-53(48)60-52-30-29-42(58(40-25-21-36(34-56)22-26-40)50-19-9-13-38-11-3-5-15-44(38)50)31-46(52)47-32-43(33-49(55)54(47)60)59(41-27-23-37(35-57)24-28-41)51-20-10-14-39-12-4-6-16-45(39)51/h4-10,12-34,56H,3,11H2,1-2H3. The summed E-state index contributed by atoms with van der Waals surface area (Å²) >= 11 is 0. The van der Waals surface area contributed by atoms with Gasteiger partial charge in [-0.2, -0.15) is 5.26 Å². The number of rotatable bonds is 7. The van der Waals surface area contributed by atoms with E-state index in [1.165, 1.54) is 50.4 Å². The van der Waals surface area contributed by atoms with Gasteiger partial charge < -0.3 is 19.8 Å². The van der Waals surface area contributed by atoms with E-state index in [4.69, 9.17) is 5.41 Å². The van der Waals surface area contributed by atoms with Gasteiger partial charge in [0.05, 0.1) is 39.7 Å². The molecule has 286 valence electrons. The van der Waals surface area contributed by atoms with Crippen molar-refractivity contribution in [1.29, 1.82) is 10.7 Å². The number of aromatic nitrogens is 1. The topological polar surface area (TPSA) is 59.1 Å². The Hall–Kier alpha value is -7.68. The first-order chi connectivity index (χ1) is 29.4. The van der Waals surface area contributed by atoms with Crippen LogP contribution in [0.3, 0.4) is 0 Å². The van der Waals surface area contributed by atoms with Crippen molar-refractivity contribution in [1.82, 2.24) is 4.57 Å². The molecular formula is C55H41N5. The predicted octanol–water partition coefficient (Wildman–Crippen LogP) is 14.3. The number of hydrogen-bond donors (Lipinski definition) is 1. The van der Waals surface area contributed by atoms with Crippen molar-refractivity contribution >= 4 is 79.0 Å². The van der Waals surface area contributed by atoms with Gasteiger partial charge in [0.2, 0.25) is 0 Å². The second-order valence-corrected chi connectivity index (χ2v) is 16.4. The molecule has 5 nitrogen and oxygen atoms in total. The van der Waals surface area contributed by atoms with Gasteiger partial charge in [0, 0.05) is 56.1 Å². The second kappa shape index (κ2) is 13.7. The van der Waals surface area contributed by atoms with Crippen LogP contribution in [0.25, 0.3) is 44.3 Å². The molecule has 0 bridgehead atoms. The number of hydrogen-bond acceptors (Lipinski definition) is 4. The van der Waals surface area contributed by atoms with Gasteiger partial charge in [0.1, 0.15) is 0 Å². The molecule has 0 saturated heterocycles. The summed E-state index contributed by atoms with van der Waals surface area (Å²) in [6, 6.07) is 60.9. The number of fused-ring (bicyclic) bond motifs is 7. The van der Waals surface area contributed by atoms with Crippen molar-refractivity contribution in [3.8, 4) is 11.8 Å². The molecule has 1 N–H and O–H groups in total. The summed E-state index contributed by atoms with van der Waals surface area (Å²) in [6.07, 6.45) is 8.02. The average molecular weight is 772 g/mol.